The van der Waals surface area contributed by atoms with E-state index in [-0.39, 0.29) is 18.4 Å². The summed E-state index contributed by atoms with van der Waals surface area (Å²) in [4.78, 5) is 30.9. The minimum atomic E-state index is -0.216. The average molecular weight is 395 g/mol. The molecular formula is C21H25N5O3. The number of methoxy groups -OCH3 is 1. The minimum absolute atomic E-state index is 0.0666. The van der Waals surface area contributed by atoms with E-state index in [9.17, 15) is 9.59 Å². The Morgan fingerprint density at radius 1 is 1.14 bits per heavy atom. The van der Waals surface area contributed by atoms with Crippen molar-refractivity contribution in [2.75, 3.05) is 39.6 Å². The van der Waals surface area contributed by atoms with Crippen LogP contribution in [0.5, 0.6) is 5.75 Å². The Bertz CT molecular complexity index is 995. The number of rotatable bonds is 8. The first-order valence-electron chi connectivity index (χ1n) is 9.28. The van der Waals surface area contributed by atoms with Gasteiger partial charge in [0, 0.05) is 24.3 Å². The number of anilines is 1. The second-order valence-electron chi connectivity index (χ2n) is 6.91. The smallest absolute Gasteiger partial charge is 0.255 e. The normalized spacial score (nSPS) is 10.9. The van der Waals surface area contributed by atoms with Gasteiger partial charge in [0.15, 0.2) is 0 Å². The third kappa shape index (κ3) is 5.32. The lowest BCUT2D eigenvalue weighted by Gasteiger charge is -2.11. The van der Waals surface area contributed by atoms with Crippen molar-refractivity contribution in [3.05, 3.63) is 54.4 Å². The summed E-state index contributed by atoms with van der Waals surface area (Å²) in [7, 11) is 5.50. The van der Waals surface area contributed by atoms with Crippen LogP contribution in [0.15, 0.2) is 48.8 Å². The van der Waals surface area contributed by atoms with E-state index in [0.717, 1.165) is 12.1 Å². The topological polar surface area (TPSA) is 88.5 Å². The summed E-state index contributed by atoms with van der Waals surface area (Å²) in [5, 5.41) is 5.75. The van der Waals surface area contributed by atoms with Crippen LogP contribution in [-0.4, -0.2) is 60.6 Å². The minimum Gasteiger partial charge on any atom is -0.497 e. The van der Waals surface area contributed by atoms with Crippen molar-refractivity contribution >= 4 is 28.5 Å². The van der Waals surface area contributed by atoms with Gasteiger partial charge in [0.25, 0.3) is 5.91 Å². The van der Waals surface area contributed by atoms with Crippen LogP contribution in [0.2, 0.25) is 0 Å². The van der Waals surface area contributed by atoms with E-state index in [1.165, 1.54) is 0 Å². The fourth-order valence-corrected chi connectivity index (χ4v) is 2.84. The largest absolute Gasteiger partial charge is 0.497 e. The summed E-state index contributed by atoms with van der Waals surface area (Å²) in [5.74, 6) is 0.411. The fourth-order valence-electron chi connectivity index (χ4n) is 2.84. The molecule has 8 heteroatoms. The zero-order valence-corrected chi connectivity index (χ0v) is 16.8. The Morgan fingerprint density at radius 3 is 2.59 bits per heavy atom. The van der Waals surface area contributed by atoms with Gasteiger partial charge in [-0.1, -0.05) is 0 Å². The van der Waals surface area contributed by atoms with Gasteiger partial charge in [0.05, 0.1) is 24.5 Å². The number of likely N-dealkylation sites (N-methyl/N-ethyl adjacent to an activating group) is 1. The molecule has 0 aliphatic carbocycles. The van der Waals surface area contributed by atoms with E-state index in [0.29, 0.717) is 29.1 Å². The summed E-state index contributed by atoms with van der Waals surface area (Å²) in [6, 6.07) is 12.3. The number of aromatic nitrogens is 2. The van der Waals surface area contributed by atoms with Crippen molar-refractivity contribution < 1.29 is 14.3 Å². The molecule has 0 saturated heterocycles. The maximum absolute atomic E-state index is 12.4. The summed E-state index contributed by atoms with van der Waals surface area (Å²) >= 11 is 0. The lowest BCUT2D eigenvalue weighted by Crippen LogP contribution is -2.33. The number of nitrogens with zero attached hydrogens (tertiary/aromatic N) is 3. The Balaban J connectivity index is 1.65. The standard InChI is InChI=1S/C21H25N5O3/c1-25(2)11-10-22-20(27)13-26-14-23-18-12-16(6-9-19(18)26)24-21(28)15-4-7-17(29-3)8-5-15/h4-9,12,14H,10-11,13H2,1-3H3,(H,22,27)(H,24,28). The molecule has 2 N–H and O–H groups in total. The molecule has 0 aliphatic rings. The van der Waals surface area contributed by atoms with Gasteiger partial charge in [0.2, 0.25) is 5.91 Å². The predicted octanol–water partition coefficient (Wildman–Crippen LogP) is 1.97. The molecule has 0 radical (unpaired) electrons. The van der Waals surface area contributed by atoms with Crippen LogP contribution in [-0.2, 0) is 11.3 Å². The Labute approximate surface area is 169 Å². The third-order valence-electron chi connectivity index (χ3n) is 4.43. The SMILES string of the molecule is COc1ccc(C(=O)Nc2ccc3c(c2)ncn3CC(=O)NCCN(C)C)cc1. The molecule has 0 saturated carbocycles. The predicted molar refractivity (Wildman–Crippen MR) is 112 cm³/mol. The highest BCUT2D eigenvalue weighted by molar-refractivity contribution is 6.05. The number of hydrogen-bond acceptors (Lipinski definition) is 5. The molecule has 8 nitrogen and oxygen atoms in total. The number of fused-ring (bicyclic) bond motifs is 1. The highest BCUT2D eigenvalue weighted by atomic mass is 16.5. The molecule has 3 aromatic rings. The fraction of sp³-hybridized carbons (Fsp3) is 0.286. The molecule has 0 unspecified atom stereocenters. The molecule has 3 rings (SSSR count). The first kappa shape index (κ1) is 20.3. The van der Waals surface area contributed by atoms with E-state index in [2.05, 4.69) is 15.6 Å². The van der Waals surface area contributed by atoms with Crippen LogP contribution in [0, 0.1) is 0 Å². The molecule has 0 bridgehead atoms. The van der Waals surface area contributed by atoms with Crippen molar-refractivity contribution in [2.24, 2.45) is 0 Å². The number of imidazole rings is 1. The zero-order valence-electron chi connectivity index (χ0n) is 16.8. The van der Waals surface area contributed by atoms with Crippen LogP contribution in [0.4, 0.5) is 5.69 Å². The summed E-state index contributed by atoms with van der Waals surface area (Å²) in [6.45, 7) is 1.58. The summed E-state index contributed by atoms with van der Waals surface area (Å²) < 4.78 is 6.89. The molecule has 1 heterocycles. The molecule has 0 spiro atoms. The molecule has 2 aromatic carbocycles. The maximum Gasteiger partial charge on any atom is 0.255 e. The zero-order chi connectivity index (χ0) is 20.8. The number of nitrogens with one attached hydrogen (secondary N) is 2. The van der Waals surface area contributed by atoms with E-state index >= 15 is 0 Å². The van der Waals surface area contributed by atoms with E-state index in [1.54, 1.807) is 54.4 Å². The van der Waals surface area contributed by atoms with Gasteiger partial charge < -0.3 is 24.8 Å². The van der Waals surface area contributed by atoms with Crippen molar-refractivity contribution in [1.82, 2.24) is 19.8 Å². The van der Waals surface area contributed by atoms with Gasteiger partial charge in [-0.2, -0.15) is 0 Å². The number of amides is 2. The Hall–Kier alpha value is -3.39. The number of carbonyl (C=O) groups excluding carboxylic acids is 2. The van der Waals surface area contributed by atoms with Gasteiger partial charge in [-0.15, -0.1) is 0 Å². The van der Waals surface area contributed by atoms with Crippen LogP contribution in [0.3, 0.4) is 0 Å². The van der Waals surface area contributed by atoms with Gasteiger partial charge in [0.1, 0.15) is 12.3 Å². The van der Waals surface area contributed by atoms with Crippen molar-refractivity contribution in [3.63, 3.8) is 0 Å². The lowest BCUT2D eigenvalue weighted by atomic mass is 10.2. The van der Waals surface area contributed by atoms with Crippen LogP contribution in [0.25, 0.3) is 11.0 Å². The Kier molecular flexibility index (Phi) is 6.46. The molecule has 152 valence electrons. The van der Waals surface area contributed by atoms with Gasteiger partial charge in [-0.25, -0.2) is 4.98 Å². The molecule has 2 amide bonds. The molecule has 29 heavy (non-hydrogen) atoms. The number of benzene rings is 2. The Morgan fingerprint density at radius 2 is 1.90 bits per heavy atom. The second-order valence-corrected chi connectivity index (χ2v) is 6.91. The van der Waals surface area contributed by atoms with Crippen molar-refractivity contribution in [1.29, 1.82) is 0 Å². The van der Waals surface area contributed by atoms with Crippen molar-refractivity contribution in [3.8, 4) is 5.75 Å². The number of hydrogen-bond donors (Lipinski definition) is 2. The quantitative estimate of drug-likeness (QED) is 0.609. The maximum atomic E-state index is 12.4. The van der Waals surface area contributed by atoms with Gasteiger partial charge in [-0.05, 0) is 56.6 Å². The molecule has 1 aromatic heterocycles. The first-order chi connectivity index (χ1) is 14.0. The number of ether oxygens (including phenoxy) is 1. The highest BCUT2D eigenvalue weighted by Gasteiger charge is 2.10. The number of carbonyl (C=O) groups is 2. The monoisotopic (exact) mass is 395 g/mol. The van der Waals surface area contributed by atoms with Crippen LogP contribution >= 0.6 is 0 Å². The van der Waals surface area contributed by atoms with Crippen LogP contribution < -0.4 is 15.4 Å². The summed E-state index contributed by atoms with van der Waals surface area (Å²) in [6.07, 6.45) is 1.63. The highest BCUT2D eigenvalue weighted by Crippen LogP contribution is 2.19. The van der Waals surface area contributed by atoms with E-state index in [1.807, 2.05) is 25.1 Å². The molecule has 0 fully saturated rings. The molecular weight excluding hydrogens is 370 g/mol. The third-order valence-corrected chi connectivity index (χ3v) is 4.43. The summed E-state index contributed by atoms with van der Waals surface area (Å²) in [5.41, 5.74) is 2.71. The van der Waals surface area contributed by atoms with Crippen LogP contribution in [0.1, 0.15) is 10.4 Å². The molecule has 0 atom stereocenters. The molecule has 0 aliphatic heterocycles. The van der Waals surface area contributed by atoms with Gasteiger partial charge >= 0.3 is 0 Å². The second kappa shape index (κ2) is 9.20. The van der Waals surface area contributed by atoms with Gasteiger partial charge in [-0.3, -0.25) is 9.59 Å². The first-order valence-corrected chi connectivity index (χ1v) is 9.28. The average Bonchev–Trinajstić information content (AvgIpc) is 3.09. The van der Waals surface area contributed by atoms with Crippen molar-refractivity contribution in [2.45, 2.75) is 6.54 Å². The lowest BCUT2D eigenvalue weighted by molar-refractivity contribution is -0.121. The van der Waals surface area contributed by atoms with E-state index < -0.39 is 0 Å². The van der Waals surface area contributed by atoms with E-state index in [4.69, 9.17) is 4.74 Å².